The Kier molecular flexibility index (Phi) is 7.58. The fourth-order valence-electron chi connectivity index (χ4n) is 4.45. The van der Waals surface area contributed by atoms with Gasteiger partial charge in [-0.25, -0.2) is 4.79 Å². The molecule has 2 unspecified atom stereocenters. The van der Waals surface area contributed by atoms with Gasteiger partial charge in [0.2, 0.25) is 5.91 Å². The van der Waals surface area contributed by atoms with Crippen LogP contribution in [-0.2, 0) is 11.2 Å². The zero-order chi connectivity index (χ0) is 23.9. The van der Waals surface area contributed by atoms with Crippen molar-refractivity contribution in [2.75, 3.05) is 25.0 Å². The number of hydrogen-bond acceptors (Lipinski definition) is 3. The van der Waals surface area contributed by atoms with Crippen LogP contribution in [0.3, 0.4) is 0 Å². The normalized spacial score (nSPS) is 17.8. The lowest BCUT2D eigenvalue weighted by molar-refractivity contribution is -0.126. The first-order valence-electron chi connectivity index (χ1n) is 11.9. The Hall–Kier alpha value is -3.67. The van der Waals surface area contributed by atoms with E-state index in [-0.39, 0.29) is 23.8 Å². The highest BCUT2D eigenvalue weighted by molar-refractivity contribution is 5.90. The van der Waals surface area contributed by atoms with E-state index in [1.165, 1.54) is 5.56 Å². The predicted molar refractivity (Wildman–Crippen MR) is 135 cm³/mol. The second-order valence-electron chi connectivity index (χ2n) is 9.04. The Balaban J connectivity index is 1.44. The molecule has 176 valence electrons. The monoisotopic (exact) mass is 456 g/mol. The second kappa shape index (κ2) is 11.0. The number of carbonyl (C=O) groups excluding carboxylic acids is 2. The van der Waals surface area contributed by atoms with Gasteiger partial charge < -0.3 is 15.5 Å². The largest absolute Gasteiger partial charge is 0.355 e. The highest BCUT2D eigenvalue weighted by Crippen LogP contribution is 2.31. The van der Waals surface area contributed by atoms with Crippen LogP contribution in [0.5, 0.6) is 0 Å². The maximum absolute atomic E-state index is 13.2. The second-order valence-corrected chi connectivity index (χ2v) is 9.04. The summed E-state index contributed by atoms with van der Waals surface area (Å²) in [5.74, 6) is -0.180. The smallest absolute Gasteiger partial charge is 0.321 e. The van der Waals surface area contributed by atoms with Gasteiger partial charge in [-0.1, -0.05) is 42.5 Å². The average molecular weight is 457 g/mol. The number of nitrogens with one attached hydrogen (secondary N) is 2. The number of carbonyl (C=O) groups is 2. The zero-order valence-corrected chi connectivity index (χ0v) is 19.8. The van der Waals surface area contributed by atoms with E-state index in [0.717, 1.165) is 22.5 Å². The molecule has 1 aliphatic heterocycles. The van der Waals surface area contributed by atoms with E-state index in [1.807, 2.05) is 68.4 Å². The van der Waals surface area contributed by atoms with E-state index in [9.17, 15) is 9.59 Å². The first kappa shape index (κ1) is 23.5. The number of hydrogen-bond donors (Lipinski definition) is 2. The highest BCUT2D eigenvalue weighted by Gasteiger charge is 2.34. The van der Waals surface area contributed by atoms with Gasteiger partial charge in [-0.2, -0.15) is 0 Å². The fraction of sp³-hybridized carbons (Fsp3) is 0.321. The number of aryl methyl sites for hydroxylation is 2. The third-order valence-corrected chi connectivity index (χ3v) is 6.54. The van der Waals surface area contributed by atoms with Gasteiger partial charge in [0.05, 0.1) is 5.92 Å². The van der Waals surface area contributed by atoms with E-state index < -0.39 is 0 Å². The maximum Gasteiger partial charge on any atom is 0.321 e. The number of anilines is 1. The SMILES string of the molecule is Cc1ccc(NC(=O)N2CC(C(=O)NCCc3ccccn3)CC(c3ccccc3)C2)cc1C. The summed E-state index contributed by atoms with van der Waals surface area (Å²) in [6, 6.07) is 21.7. The molecular weight excluding hydrogens is 424 g/mol. The highest BCUT2D eigenvalue weighted by atomic mass is 16.2. The zero-order valence-electron chi connectivity index (χ0n) is 19.8. The molecule has 6 heteroatoms. The lowest BCUT2D eigenvalue weighted by Gasteiger charge is -2.37. The van der Waals surface area contributed by atoms with E-state index in [0.29, 0.717) is 32.5 Å². The van der Waals surface area contributed by atoms with Gasteiger partial charge in [-0.05, 0) is 61.2 Å². The summed E-state index contributed by atoms with van der Waals surface area (Å²) in [7, 11) is 0. The molecule has 2 aromatic carbocycles. The van der Waals surface area contributed by atoms with Crippen molar-refractivity contribution in [2.45, 2.75) is 32.6 Å². The van der Waals surface area contributed by atoms with Crippen LogP contribution in [0, 0.1) is 19.8 Å². The van der Waals surface area contributed by atoms with Crippen molar-refractivity contribution >= 4 is 17.6 Å². The van der Waals surface area contributed by atoms with E-state index >= 15 is 0 Å². The van der Waals surface area contributed by atoms with Crippen molar-refractivity contribution in [1.29, 1.82) is 0 Å². The number of aromatic nitrogens is 1. The number of nitrogens with zero attached hydrogens (tertiary/aromatic N) is 2. The first-order chi connectivity index (χ1) is 16.5. The topological polar surface area (TPSA) is 74.3 Å². The van der Waals surface area contributed by atoms with Gasteiger partial charge in [0.25, 0.3) is 0 Å². The van der Waals surface area contributed by atoms with Crippen LogP contribution in [0.1, 0.15) is 34.7 Å². The number of likely N-dealkylation sites (tertiary alicyclic amines) is 1. The van der Waals surface area contributed by atoms with Crippen LogP contribution in [0.15, 0.2) is 72.9 Å². The predicted octanol–water partition coefficient (Wildman–Crippen LogP) is 4.69. The number of benzene rings is 2. The van der Waals surface area contributed by atoms with Gasteiger partial charge in [-0.15, -0.1) is 0 Å². The molecule has 3 aromatic rings. The van der Waals surface area contributed by atoms with Crippen molar-refractivity contribution in [3.8, 4) is 0 Å². The third-order valence-electron chi connectivity index (χ3n) is 6.54. The summed E-state index contributed by atoms with van der Waals surface area (Å²) in [4.78, 5) is 32.4. The quantitative estimate of drug-likeness (QED) is 0.565. The Morgan fingerprint density at radius 2 is 1.76 bits per heavy atom. The molecule has 2 atom stereocenters. The number of rotatable bonds is 6. The molecule has 4 rings (SSSR count). The number of amides is 3. The Labute approximate surface area is 201 Å². The van der Waals surface area contributed by atoms with Crippen molar-refractivity contribution in [3.05, 3.63) is 95.3 Å². The summed E-state index contributed by atoms with van der Waals surface area (Å²) in [6.07, 6.45) is 3.15. The first-order valence-corrected chi connectivity index (χ1v) is 11.9. The molecule has 1 fully saturated rings. The molecule has 3 amide bonds. The molecule has 2 N–H and O–H groups in total. The Bertz CT molecular complexity index is 1120. The molecule has 0 aliphatic carbocycles. The number of pyridine rings is 1. The van der Waals surface area contributed by atoms with E-state index in [1.54, 1.807) is 11.1 Å². The minimum Gasteiger partial charge on any atom is -0.355 e. The number of urea groups is 1. The number of piperidine rings is 1. The molecule has 6 nitrogen and oxygen atoms in total. The maximum atomic E-state index is 13.2. The Morgan fingerprint density at radius 1 is 0.971 bits per heavy atom. The minimum absolute atomic E-state index is 0.0134. The van der Waals surface area contributed by atoms with Gasteiger partial charge in [0, 0.05) is 49.6 Å². The summed E-state index contributed by atoms with van der Waals surface area (Å²) < 4.78 is 0. The summed E-state index contributed by atoms with van der Waals surface area (Å²) >= 11 is 0. The van der Waals surface area contributed by atoms with Gasteiger partial charge in [0.1, 0.15) is 0 Å². The molecule has 34 heavy (non-hydrogen) atoms. The molecule has 1 saturated heterocycles. The standard InChI is InChI=1S/C28H32N4O2/c1-20-11-12-26(16-21(20)2)31-28(34)32-18-23(22-8-4-3-5-9-22)17-24(19-32)27(33)30-15-13-25-10-6-7-14-29-25/h3-12,14,16,23-24H,13,15,17-19H2,1-2H3,(H,30,33)(H,31,34). The van der Waals surface area contributed by atoms with Crippen LogP contribution in [0.2, 0.25) is 0 Å². The summed E-state index contributed by atoms with van der Waals surface area (Å²) in [5.41, 5.74) is 5.18. The molecule has 0 spiro atoms. The van der Waals surface area contributed by atoms with Gasteiger partial charge in [-0.3, -0.25) is 9.78 Å². The van der Waals surface area contributed by atoms with E-state index in [2.05, 4.69) is 27.8 Å². The minimum atomic E-state index is -0.270. The van der Waals surface area contributed by atoms with Gasteiger partial charge >= 0.3 is 6.03 Å². The van der Waals surface area contributed by atoms with Crippen molar-refractivity contribution in [2.24, 2.45) is 5.92 Å². The molecule has 1 aliphatic rings. The van der Waals surface area contributed by atoms with Crippen LogP contribution >= 0.6 is 0 Å². The van der Waals surface area contributed by atoms with Crippen LogP contribution in [-0.4, -0.2) is 41.5 Å². The van der Waals surface area contributed by atoms with E-state index in [4.69, 9.17) is 0 Å². The van der Waals surface area contributed by atoms with Crippen molar-refractivity contribution < 1.29 is 9.59 Å². The lowest BCUT2D eigenvalue weighted by atomic mass is 9.84. The fourth-order valence-corrected chi connectivity index (χ4v) is 4.45. The molecule has 1 aromatic heterocycles. The summed E-state index contributed by atoms with van der Waals surface area (Å²) in [6.45, 7) is 5.58. The summed E-state index contributed by atoms with van der Waals surface area (Å²) in [5, 5.41) is 6.08. The molecular formula is C28H32N4O2. The Morgan fingerprint density at radius 3 is 2.50 bits per heavy atom. The van der Waals surface area contributed by atoms with Crippen LogP contribution < -0.4 is 10.6 Å². The van der Waals surface area contributed by atoms with Crippen LogP contribution in [0.25, 0.3) is 0 Å². The molecule has 0 radical (unpaired) electrons. The third kappa shape index (κ3) is 6.01. The van der Waals surface area contributed by atoms with Gasteiger partial charge in [0.15, 0.2) is 0 Å². The van der Waals surface area contributed by atoms with Crippen molar-refractivity contribution in [3.63, 3.8) is 0 Å². The molecule has 0 saturated carbocycles. The lowest BCUT2D eigenvalue weighted by Crippen LogP contribution is -2.49. The molecule has 0 bridgehead atoms. The molecule has 2 heterocycles. The van der Waals surface area contributed by atoms with Crippen LogP contribution in [0.4, 0.5) is 10.5 Å². The average Bonchev–Trinajstić information content (AvgIpc) is 2.87. The van der Waals surface area contributed by atoms with Crippen molar-refractivity contribution in [1.82, 2.24) is 15.2 Å².